The van der Waals surface area contributed by atoms with Crippen LogP contribution in [-0.4, -0.2) is 23.5 Å². The molecule has 4 N–H and O–H groups in total. The maximum Gasteiger partial charge on any atom is 0.337 e. The molecule has 0 aliphatic heterocycles. The van der Waals surface area contributed by atoms with Gasteiger partial charge in [-0.25, -0.2) is 4.79 Å². The van der Waals surface area contributed by atoms with Crippen LogP contribution < -0.4 is 11.1 Å². The van der Waals surface area contributed by atoms with Crippen LogP contribution in [0.4, 0.5) is 5.69 Å². The molecule has 0 aromatic heterocycles. The number of carboxylic acid groups (broad SMARTS) is 1. The first-order chi connectivity index (χ1) is 10.0. The molecule has 0 saturated heterocycles. The number of benzene rings is 1. The third kappa shape index (κ3) is 3.83. The lowest BCUT2D eigenvalue weighted by Gasteiger charge is -2.29. The first-order valence-electron chi connectivity index (χ1n) is 7.06. The summed E-state index contributed by atoms with van der Waals surface area (Å²) in [6.07, 6.45) is 3.89. The zero-order valence-electron chi connectivity index (χ0n) is 11.6. The lowest BCUT2D eigenvalue weighted by Crippen LogP contribution is -2.35. The van der Waals surface area contributed by atoms with Crippen molar-refractivity contribution < 1.29 is 14.7 Å². The van der Waals surface area contributed by atoms with E-state index in [1.165, 1.54) is 6.07 Å². The van der Waals surface area contributed by atoms with Gasteiger partial charge in [-0.15, -0.1) is 0 Å². The predicted octanol–water partition coefficient (Wildman–Crippen LogP) is 2.85. The second-order valence-corrected chi connectivity index (χ2v) is 6.29. The van der Waals surface area contributed by atoms with Crippen molar-refractivity contribution >= 4 is 33.5 Å². The maximum atomic E-state index is 12.4. The molecule has 0 radical (unpaired) electrons. The maximum absolute atomic E-state index is 12.4. The highest BCUT2D eigenvalue weighted by Crippen LogP contribution is 2.31. The Hall–Kier alpha value is -1.40. The number of nitrogens with one attached hydrogen (secondary N) is 1. The molecule has 1 fully saturated rings. The summed E-state index contributed by atoms with van der Waals surface area (Å²) in [7, 11) is 0. The quantitative estimate of drug-likeness (QED) is 0.774. The van der Waals surface area contributed by atoms with E-state index in [1.807, 2.05) is 0 Å². The van der Waals surface area contributed by atoms with Crippen molar-refractivity contribution in [1.29, 1.82) is 0 Å². The van der Waals surface area contributed by atoms with E-state index in [2.05, 4.69) is 21.2 Å². The fourth-order valence-corrected chi connectivity index (χ4v) is 3.22. The lowest BCUT2D eigenvalue weighted by atomic mass is 9.78. The molecule has 1 saturated carbocycles. The zero-order chi connectivity index (χ0) is 15.4. The minimum atomic E-state index is -1.06. The van der Waals surface area contributed by atoms with Gasteiger partial charge in [0.05, 0.1) is 11.3 Å². The largest absolute Gasteiger partial charge is 0.478 e. The van der Waals surface area contributed by atoms with Crippen molar-refractivity contribution in [3.05, 3.63) is 28.2 Å². The Morgan fingerprint density at radius 3 is 2.71 bits per heavy atom. The van der Waals surface area contributed by atoms with E-state index < -0.39 is 5.97 Å². The van der Waals surface area contributed by atoms with Crippen LogP contribution in [0.5, 0.6) is 0 Å². The summed E-state index contributed by atoms with van der Waals surface area (Å²) in [5.41, 5.74) is 6.15. The number of rotatable bonds is 4. The molecular weight excluding hydrogens is 336 g/mol. The first-order valence-corrected chi connectivity index (χ1v) is 7.86. The highest BCUT2D eigenvalue weighted by molar-refractivity contribution is 9.10. The fourth-order valence-electron chi connectivity index (χ4n) is 2.86. The van der Waals surface area contributed by atoms with Crippen LogP contribution in [0.3, 0.4) is 0 Å². The molecule has 5 nitrogen and oxygen atoms in total. The van der Waals surface area contributed by atoms with Gasteiger partial charge in [0.15, 0.2) is 0 Å². The van der Waals surface area contributed by atoms with Crippen LogP contribution in [0.1, 0.15) is 36.0 Å². The molecule has 0 bridgehead atoms. The molecule has 1 aromatic rings. The number of carboxylic acids is 1. The minimum absolute atomic E-state index is 0.0813. The van der Waals surface area contributed by atoms with Gasteiger partial charge in [0, 0.05) is 10.4 Å². The number of halogens is 1. The molecule has 1 aliphatic rings. The number of hydrogen-bond donors (Lipinski definition) is 3. The molecule has 6 heteroatoms. The summed E-state index contributed by atoms with van der Waals surface area (Å²) < 4.78 is 0.662. The summed E-state index contributed by atoms with van der Waals surface area (Å²) in [4.78, 5) is 23.7. The number of carbonyl (C=O) groups is 2. The van der Waals surface area contributed by atoms with E-state index in [4.69, 9.17) is 5.73 Å². The van der Waals surface area contributed by atoms with E-state index in [0.29, 0.717) is 16.7 Å². The van der Waals surface area contributed by atoms with E-state index in [-0.39, 0.29) is 23.3 Å². The Morgan fingerprint density at radius 2 is 2.05 bits per heavy atom. The number of amides is 1. The van der Waals surface area contributed by atoms with Crippen molar-refractivity contribution in [2.24, 2.45) is 17.6 Å². The van der Waals surface area contributed by atoms with Crippen LogP contribution in [0, 0.1) is 11.8 Å². The molecule has 21 heavy (non-hydrogen) atoms. The monoisotopic (exact) mass is 354 g/mol. The van der Waals surface area contributed by atoms with Crippen molar-refractivity contribution in [2.75, 3.05) is 11.9 Å². The third-order valence-electron chi connectivity index (χ3n) is 4.02. The summed E-state index contributed by atoms with van der Waals surface area (Å²) in [6, 6.07) is 4.80. The topological polar surface area (TPSA) is 92.4 Å². The van der Waals surface area contributed by atoms with Gasteiger partial charge in [0.25, 0.3) is 0 Å². The van der Waals surface area contributed by atoms with Crippen LogP contribution in [0.25, 0.3) is 0 Å². The van der Waals surface area contributed by atoms with Crippen LogP contribution in [0.2, 0.25) is 0 Å². The number of nitrogens with two attached hydrogens (primary N) is 1. The Balaban J connectivity index is 2.17. The number of anilines is 1. The number of carbonyl (C=O) groups excluding carboxylic acids is 1. The molecular formula is C15H19BrN2O3. The third-order valence-corrected chi connectivity index (χ3v) is 4.51. The van der Waals surface area contributed by atoms with Gasteiger partial charge < -0.3 is 16.2 Å². The van der Waals surface area contributed by atoms with Crippen molar-refractivity contribution in [3.63, 3.8) is 0 Å². The number of hydrogen-bond acceptors (Lipinski definition) is 3. The van der Waals surface area contributed by atoms with Crippen LogP contribution in [-0.2, 0) is 4.79 Å². The van der Waals surface area contributed by atoms with Gasteiger partial charge in [-0.2, -0.15) is 0 Å². The van der Waals surface area contributed by atoms with Crippen molar-refractivity contribution in [2.45, 2.75) is 25.7 Å². The van der Waals surface area contributed by atoms with Crippen LogP contribution >= 0.6 is 15.9 Å². The molecule has 1 aliphatic carbocycles. The molecule has 0 heterocycles. The van der Waals surface area contributed by atoms with E-state index in [0.717, 1.165) is 25.7 Å². The lowest BCUT2D eigenvalue weighted by molar-refractivity contribution is -0.122. The van der Waals surface area contributed by atoms with Gasteiger partial charge in [-0.1, -0.05) is 28.8 Å². The van der Waals surface area contributed by atoms with E-state index in [9.17, 15) is 14.7 Å². The normalized spacial score (nSPS) is 21.8. The van der Waals surface area contributed by atoms with Crippen molar-refractivity contribution in [1.82, 2.24) is 0 Å². The molecule has 1 aromatic carbocycles. The Morgan fingerprint density at radius 1 is 1.33 bits per heavy atom. The zero-order valence-corrected chi connectivity index (χ0v) is 13.2. The summed E-state index contributed by atoms with van der Waals surface area (Å²) in [6.45, 7) is 0.490. The van der Waals surface area contributed by atoms with Gasteiger partial charge in [0.2, 0.25) is 5.91 Å². The smallest absolute Gasteiger partial charge is 0.337 e. The van der Waals surface area contributed by atoms with Gasteiger partial charge in [-0.05, 0) is 43.5 Å². The average molecular weight is 355 g/mol. The van der Waals surface area contributed by atoms with Gasteiger partial charge >= 0.3 is 5.97 Å². The minimum Gasteiger partial charge on any atom is -0.478 e. The Bertz CT molecular complexity index is 548. The molecule has 2 unspecified atom stereocenters. The highest BCUT2D eigenvalue weighted by Gasteiger charge is 2.30. The molecule has 0 spiro atoms. The summed E-state index contributed by atoms with van der Waals surface area (Å²) in [5, 5.41) is 12.0. The second kappa shape index (κ2) is 7.04. The average Bonchev–Trinajstić information content (AvgIpc) is 2.48. The van der Waals surface area contributed by atoms with Crippen molar-refractivity contribution in [3.8, 4) is 0 Å². The molecule has 114 valence electrons. The fraction of sp³-hybridized carbons (Fsp3) is 0.467. The van der Waals surface area contributed by atoms with E-state index >= 15 is 0 Å². The highest BCUT2D eigenvalue weighted by atomic mass is 79.9. The SMILES string of the molecule is NCC1CCCCC1C(=O)Nc1ccc(Br)cc1C(=O)O. The molecule has 2 rings (SSSR count). The molecule has 2 atom stereocenters. The van der Waals surface area contributed by atoms with Gasteiger partial charge in [-0.3, -0.25) is 4.79 Å². The standard InChI is InChI=1S/C15H19BrN2O3/c16-10-5-6-13(12(7-10)15(20)21)18-14(19)11-4-2-1-3-9(11)8-17/h5-7,9,11H,1-4,8,17H2,(H,18,19)(H,20,21). The van der Waals surface area contributed by atoms with E-state index in [1.54, 1.807) is 12.1 Å². The Kier molecular flexibility index (Phi) is 5.36. The Labute approximate surface area is 132 Å². The first kappa shape index (κ1) is 16.0. The van der Waals surface area contributed by atoms with Crippen LogP contribution in [0.15, 0.2) is 22.7 Å². The second-order valence-electron chi connectivity index (χ2n) is 5.37. The summed E-state index contributed by atoms with van der Waals surface area (Å²) >= 11 is 3.24. The molecule has 1 amide bonds. The summed E-state index contributed by atoms with van der Waals surface area (Å²) in [5.74, 6) is -1.14. The van der Waals surface area contributed by atoms with Gasteiger partial charge in [0.1, 0.15) is 0 Å². The predicted molar refractivity (Wildman–Crippen MR) is 84.2 cm³/mol. The number of aromatic carboxylic acids is 1.